The molecule has 2 aromatic rings. The lowest BCUT2D eigenvalue weighted by atomic mass is 10.1. The molecule has 0 aliphatic rings. The lowest BCUT2D eigenvalue weighted by molar-refractivity contribution is -0.129. The third-order valence-corrected chi connectivity index (χ3v) is 3.38. The number of hydrogen-bond donors (Lipinski definition) is 0. The summed E-state index contributed by atoms with van der Waals surface area (Å²) >= 11 is 0. The Labute approximate surface area is 131 Å². The third kappa shape index (κ3) is 5.80. The van der Waals surface area contributed by atoms with Gasteiger partial charge in [-0.3, -0.25) is 4.79 Å². The fraction of sp³-hybridized carbons (Fsp3) is 0.316. The highest BCUT2D eigenvalue weighted by Crippen LogP contribution is 2.06. The van der Waals surface area contributed by atoms with Crippen LogP contribution in [0, 0.1) is 5.92 Å². The van der Waals surface area contributed by atoms with Gasteiger partial charge < -0.3 is 9.47 Å². The summed E-state index contributed by atoms with van der Waals surface area (Å²) < 4.78 is 11.1. The van der Waals surface area contributed by atoms with Gasteiger partial charge >= 0.3 is 0 Å². The molecule has 0 heterocycles. The molecule has 2 aromatic carbocycles. The van der Waals surface area contributed by atoms with E-state index >= 15 is 0 Å². The van der Waals surface area contributed by atoms with Crippen molar-refractivity contribution in [3.8, 4) is 0 Å². The fourth-order valence-corrected chi connectivity index (χ4v) is 2.01. The van der Waals surface area contributed by atoms with Gasteiger partial charge in [-0.1, -0.05) is 67.6 Å². The van der Waals surface area contributed by atoms with Crippen LogP contribution in [-0.4, -0.2) is 19.0 Å². The predicted molar refractivity (Wildman–Crippen MR) is 86.4 cm³/mol. The Balaban J connectivity index is 1.62. The van der Waals surface area contributed by atoms with E-state index in [9.17, 15) is 4.79 Å². The summed E-state index contributed by atoms with van der Waals surface area (Å²) in [5.74, 6) is -0.0801. The highest BCUT2D eigenvalue weighted by atomic mass is 16.5. The van der Waals surface area contributed by atoms with Gasteiger partial charge in [0.05, 0.1) is 19.8 Å². The van der Waals surface area contributed by atoms with Gasteiger partial charge in [-0.05, 0) is 11.1 Å². The molecule has 0 amide bonds. The summed E-state index contributed by atoms with van der Waals surface area (Å²) in [6, 6.07) is 19.8. The Hall–Kier alpha value is -1.97. The van der Waals surface area contributed by atoms with E-state index in [2.05, 4.69) is 0 Å². The number of benzene rings is 2. The van der Waals surface area contributed by atoms with Crippen LogP contribution in [-0.2, 0) is 27.5 Å². The quantitative estimate of drug-likeness (QED) is 0.709. The molecule has 1 atom stereocenters. The Morgan fingerprint density at radius 2 is 1.36 bits per heavy atom. The molecule has 0 saturated heterocycles. The second-order valence-corrected chi connectivity index (χ2v) is 5.35. The molecule has 22 heavy (non-hydrogen) atoms. The molecular weight excluding hydrogens is 276 g/mol. The average Bonchev–Trinajstić information content (AvgIpc) is 2.56. The van der Waals surface area contributed by atoms with Gasteiger partial charge in [0, 0.05) is 5.92 Å². The number of Topliss-reactive ketones (excluding diaryl/α,β-unsaturated/α-hetero) is 1. The van der Waals surface area contributed by atoms with Crippen LogP contribution in [0.2, 0.25) is 0 Å². The molecule has 0 unspecified atom stereocenters. The molecule has 3 nitrogen and oxygen atoms in total. The van der Waals surface area contributed by atoms with Crippen molar-refractivity contribution in [1.82, 2.24) is 0 Å². The van der Waals surface area contributed by atoms with Gasteiger partial charge in [0.2, 0.25) is 0 Å². The zero-order chi connectivity index (χ0) is 15.6. The van der Waals surface area contributed by atoms with E-state index in [-0.39, 0.29) is 18.3 Å². The molecule has 0 N–H and O–H groups in total. The topological polar surface area (TPSA) is 35.5 Å². The van der Waals surface area contributed by atoms with E-state index in [1.807, 2.05) is 67.6 Å². The summed E-state index contributed by atoms with van der Waals surface area (Å²) in [4.78, 5) is 12.0. The zero-order valence-electron chi connectivity index (χ0n) is 12.9. The van der Waals surface area contributed by atoms with Crippen LogP contribution < -0.4 is 0 Å². The second kappa shape index (κ2) is 9.13. The molecule has 0 aliphatic heterocycles. The first-order valence-corrected chi connectivity index (χ1v) is 7.52. The summed E-state index contributed by atoms with van der Waals surface area (Å²) in [6.45, 7) is 3.42. The number of carbonyl (C=O) groups excluding carboxylic acids is 1. The van der Waals surface area contributed by atoms with Crippen LogP contribution in [0.15, 0.2) is 60.7 Å². The molecule has 116 valence electrons. The van der Waals surface area contributed by atoms with Crippen LogP contribution >= 0.6 is 0 Å². The SMILES string of the molecule is C[C@H](COCc1ccccc1)C(=O)COCc1ccccc1. The molecular formula is C19H22O3. The van der Waals surface area contributed by atoms with Crippen molar-refractivity contribution in [1.29, 1.82) is 0 Å². The van der Waals surface area contributed by atoms with Crippen molar-refractivity contribution in [2.24, 2.45) is 5.92 Å². The monoisotopic (exact) mass is 298 g/mol. The van der Waals surface area contributed by atoms with Crippen molar-refractivity contribution in [3.05, 3.63) is 71.8 Å². The number of hydrogen-bond acceptors (Lipinski definition) is 3. The first-order chi connectivity index (χ1) is 10.8. The Morgan fingerprint density at radius 1 is 0.864 bits per heavy atom. The van der Waals surface area contributed by atoms with E-state index in [1.54, 1.807) is 0 Å². The minimum atomic E-state index is -0.153. The van der Waals surface area contributed by atoms with E-state index < -0.39 is 0 Å². The Kier molecular flexibility index (Phi) is 6.81. The fourth-order valence-electron chi connectivity index (χ4n) is 2.01. The zero-order valence-corrected chi connectivity index (χ0v) is 12.9. The van der Waals surface area contributed by atoms with Gasteiger partial charge in [-0.15, -0.1) is 0 Å². The summed E-state index contributed by atoms with van der Waals surface area (Å²) in [6.07, 6.45) is 0. The van der Waals surface area contributed by atoms with Crippen LogP contribution in [0.25, 0.3) is 0 Å². The van der Waals surface area contributed by atoms with Gasteiger partial charge in [0.15, 0.2) is 5.78 Å². The lowest BCUT2D eigenvalue weighted by Crippen LogP contribution is -2.21. The normalized spacial score (nSPS) is 12.0. The molecule has 0 bridgehead atoms. The van der Waals surface area contributed by atoms with Crippen molar-refractivity contribution in [2.75, 3.05) is 13.2 Å². The minimum Gasteiger partial charge on any atom is -0.376 e. The van der Waals surface area contributed by atoms with Crippen LogP contribution in [0.1, 0.15) is 18.1 Å². The van der Waals surface area contributed by atoms with Gasteiger partial charge in [0.1, 0.15) is 6.61 Å². The van der Waals surface area contributed by atoms with Gasteiger partial charge in [-0.25, -0.2) is 0 Å². The van der Waals surface area contributed by atoms with Crippen LogP contribution in [0.3, 0.4) is 0 Å². The van der Waals surface area contributed by atoms with Gasteiger partial charge in [0.25, 0.3) is 0 Å². The first kappa shape index (κ1) is 16.4. The standard InChI is InChI=1S/C19H22O3/c1-16(12-21-13-17-8-4-2-5-9-17)19(20)15-22-14-18-10-6-3-7-11-18/h2-11,16H,12-15H2,1H3/t16-/m1/s1. The van der Waals surface area contributed by atoms with Crippen LogP contribution in [0.5, 0.6) is 0 Å². The highest BCUT2D eigenvalue weighted by Gasteiger charge is 2.13. The maximum Gasteiger partial charge on any atom is 0.163 e. The average molecular weight is 298 g/mol. The molecule has 0 saturated carbocycles. The van der Waals surface area contributed by atoms with Crippen molar-refractivity contribution >= 4 is 5.78 Å². The number of rotatable bonds is 9. The minimum absolute atomic E-state index is 0.0731. The molecule has 2 rings (SSSR count). The highest BCUT2D eigenvalue weighted by molar-refractivity contribution is 5.81. The first-order valence-electron chi connectivity index (χ1n) is 7.52. The molecule has 0 aliphatic carbocycles. The smallest absolute Gasteiger partial charge is 0.163 e. The summed E-state index contributed by atoms with van der Waals surface area (Å²) in [5, 5.41) is 0. The molecule has 0 fully saturated rings. The van der Waals surface area contributed by atoms with Crippen molar-refractivity contribution in [2.45, 2.75) is 20.1 Å². The van der Waals surface area contributed by atoms with Crippen molar-refractivity contribution < 1.29 is 14.3 Å². The third-order valence-electron chi connectivity index (χ3n) is 3.38. The number of ketones is 1. The lowest BCUT2D eigenvalue weighted by Gasteiger charge is -2.11. The van der Waals surface area contributed by atoms with Crippen LogP contribution in [0.4, 0.5) is 0 Å². The Bertz CT molecular complexity index is 551. The Morgan fingerprint density at radius 3 is 1.91 bits per heavy atom. The maximum atomic E-state index is 12.0. The summed E-state index contributed by atoms with van der Waals surface area (Å²) in [5.41, 5.74) is 2.19. The molecule has 0 radical (unpaired) electrons. The second-order valence-electron chi connectivity index (χ2n) is 5.35. The number of carbonyl (C=O) groups is 1. The molecule has 0 spiro atoms. The molecule has 0 aromatic heterocycles. The van der Waals surface area contributed by atoms with Crippen molar-refractivity contribution in [3.63, 3.8) is 0 Å². The van der Waals surface area contributed by atoms with E-state index in [4.69, 9.17) is 9.47 Å². The number of ether oxygens (including phenoxy) is 2. The predicted octanol–water partition coefficient (Wildman–Crippen LogP) is 3.63. The van der Waals surface area contributed by atoms with E-state index in [0.717, 1.165) is 11.1 Å². The maximum absolute atomic E-state index is 12.0. The molecule has 3 heteroatoms. The van der Waals surface area contributed by atoms with E-state index in [1.165, 1.54) is 0 Å². The summed E-state index contributed by atoms with van der Waals surface area (Å²) in [7, 11) is 0. The van der Waals surface area contributed by atoms with E-state index in [0.29, 0.717) is 19.8 Å². The largest absolute Gasteiger partial charge is 0.376 e. The van der Waals surface area contributed by atoms with Gasteiger partial charge in [-0.2, -0.15) is 0 Å².